The summed E-state index contributed by atoms with van der Waals surface area (Å²) in [5, 5.41) is 15.7. The van der Waals surface area contributed by atoms with Crippen LogP contribution in [0.25, 0.3) is 0 Å². The molecule has 0 aromatic heterocycles. The Morgan fingerprint density at radius 2 is 0.672 bits per heavy atom. The molecule has 7 aromatic carbocycles. The molecule has 0 unspecified atom stereocenters. The van der Waals surface area contributed by atoms with Crippen LogP contribution in [0.4, 0.5) is 11.4 Å². The number of anilines is 2. The molecule has 306 valence electrons. The number of nitrogens with one attached hydrogen (secondary N) is 2. The number of hydrogen-bond donors (Lipinski definition) is 3. The molecule has 0 aliphatic heterocycles. The smallest absolute Gasteiger partial charge is 0.335 e. The third kappa shape index (κ3) is 10.3. The first-order valence-electron chi connectivity index (χ1n) is 20.5. The fraction of sp³-hybridized carbons (Fsp3) is 0.151. The van der Waals surface area contributed by atoms with Crippen LogP contribution in [0, 0.1) is 0 Å². The molecule has 8 heteroatoms. The number of rotatable bonds is 19. The summed E-state index contributed by atoms with van der Waals surface area (Å²) >= 11 is 3.58. The molecule has 0 bridgehead atoms. The zero-order chi connectivity index (χ0) is 42.3. The number of aromatic carboxylic acids is 1. The van der Waals surface area contributed by atoms with Crippen molar-refractivity contribution >= 4 is 52.7 Å². The predicted molar refractivity (Wildman–Crippen MR) is 252 cm³/mol. The van der Waals surface area contributed by atoms with Crippen LogP contribution in [-0.2, 0) is 19.1 Å². The fourth-order valence-electron chi connectivity index (χ4n) is 7.80. The number of carboxylic acid groups (broad SMARTS) is 1. The van der Waals surface area contributed by atoms with E-state index in [1.165, 1.54) is 12.1 Å². The molecule has 0 radical (unpaired) electrons. The maximum atomic E-state index is 13.4. The summed E-state index contributed by atoms with van der Waals surface area (Å²) in [6, 6.07) is 67.1. The highest BCUT2D eigenvalue weighted by molar-refractivity contribution is 8.00. The first-order chi connectivity index (χ1) is 29.9. The topological polar surface area (TPSA) is 95.5 Å². The Hall–Kier alpha value is -6.35. The van der Waals surface area contributed by atoms with Gasteiger partial charge in [-0.25, -0.2) is 4.79 Å². The van der Waals surface area contributed by atoms with E-state index in [4.69, 9.17) is 0 Å². The first kappa shape index (κ1) is 42.8. The van der Waals surface area contributed by atoms with E-state index in [0.717, 1.165) is 33.4 Å². The lowest BCUT2D eigenvalue weighted by molar-refractivity contribution is -0.117. The van der Waals surface area contributed by atoms with Crippen LogP contribution in [0.2, 0.25) is 0 Å². The van der Waals surface area contributed by atoms with Crippen molar-refractivity contribution in [3.8, 4) is 0 Å². The standard InChI is InChI=1S/C53H48N2O4S2/c56-49(33-19-35-60-52(41-21-7-1-8-22-41,42-23-9-2-10-24-42)43-25-11-3-12-26-43)54-47-37-40(51(58)59)38-48(39-47)55-50(57)34-20-36-61-53(44-27-13-4-14-28-44,45-29-15-5-16-30-45)46-31-17-6-18-32-46/h1-18,21-32,37-39H,19-20,33-36H2,(H,54,56)(H,55,57)(H,58,59). The van der Waals surface area contributed by atoms with Gasteiger partial charge in [0, 0.05) is 24.2 Å². The Kier molecular flexibility index (Phi) is 14.5. The number of amides is 2. The number of benzene rings is 7. The Labute approximate surface area is 366 Å². The third-order valence-corrected chi connectivity index (χ3v) is 13.8. The minimum absolute atomic E-state index is 0.0315. The Balaban J connectivity index is 0.990. The van der Waals surface area contributed by atoms with Gasteiger partial charge >= 0.3 is 5.97 Å². The maximum Gasteiger partial charge on any atom is 0.335 e. The molecule has 2 amide bonds. The van der Waals surface area contributed by atoms with Crippen LogP contribution >= 0.6 is 23.5 Å². The highest BCUT2D eigenvalue weighted by Crippen LogP contribution is 2.50. The minimum atomic E-state index is -1.16. The lowest BCUT2D eigenvalue weighted by Crippen LogP contribution is -2.26. The van der Waals surface area contributed by atoms with Crippen molar-refractivity contribution in [1.29, 1.82) is 0 Å². The highest BCUT2D eigenvalue weighted by atomic mass is 32.2. The molecule has 6 nitrogen and oxygen atoms in total. The van der Waals surface area contributed by atoms with Gasteiger partial charge in [0.15, 0.2) is 0 Å². The number of carbonyl (C=O) groups excluding carboxylic acids is 2. The molecule has 3 N–H and O–H groups in total. The second-order valence-corrected chi connectivity index (χ2v) is 17.3. The van der Waals surface area contributed by atoms with Crippen molar-refractivity contribution in [3.63, 3.8) is 0 Å². The van der Waals surface area contributed by atoms with E-state index >= 15 is 0 Å². The lowest BCUT2D eigenvalue weighted by Gasteiger charge is -2.35. The van der Waals surface area contributed by atoms with Crippen LogP contribution in [-0.4, -0.2) is 34.4 Å². The van der Waals surface area contributed by atoms with Gasteiger partial charge in [-0.15, -0.1) is 23.5 Å². The van der Waals surface area contributed by atoms with Crippen molar-refractivity contribution in [2.24, 2.45) is 0 Å². The quantitative estimate of drug-likeness (QED) is 0.0554. The molecule has 61 heavy (non-hydrogen) atoms. The number of hydrogen-bond acceptors (Lipinski definition) is 5. The maximum absolute atomic E-state index is 13.4. The number of carboxylic acids is 1. The molecule has 0 fully saturated rings. The molecule has 0 atom stereocenters. The second-order valence-electron chi connectivity index (χ2n) is 14.7. The van der Waals surface area contributed by atoms with Gasteiger partial charge in [0.1, 0.15) is 0 Å². The van der Waals surface area contributed by atoms with E-state index in [0.29, 0.717) is 35.7 Å². The SMILES string of the molecule is O=C(CCCSC(c1ccccc1)(c1ccccc1)c1ccccc1)Nc1cc(NC(=O)CCCSC(c2ccccc2)(c2ccccc2)c2ccccc2)cc(C(=O)O)c1. The monoisotopic (exact) mass is 840 g/mol. The Bertz CT molecular complexity index is 2130. The average molecular weight is 841 g/mol. The zero-order valence-corrected chi connectivity index (χ0v) is 35.4. The molecule has 0 heterocycles. The Morgan fingerprint density at radius 3 is 0.918 bits per heavy atom. The first-order valence-corrected chi connectivity index (χ1v) is 22.4. The van der Waals surface area contributed by atoms with Gasteiger partial charge in [-0.2, -0.15) is 0 Å². The van der Waals surface area contributed by atoms with Crippen LogP contribution in [0.3, 0.4) is 0 Å². The average Bonchev–Trinajstić information content (AvgIpc) is 3.31. The Morgan fingerprint density at radius 1 is 0.410 bits per heavy atom. The van der Waals surface area contributed by atoms with E-state index in [1.807, 2.05) is 36.4 Å². The van der Waals surface area contributed by atoms with Gasteiger partial charge in [-0.05, 0) is 75.9 Å². The van der Waals surface area contributed by atoms with E-state index < -0.39 is 15.5 Å². The minimum Gasteiger partial charge on any atom is -0.478 e. The van der Waals surface area contributed by atoms with Gasteiger partial charge < -0.3 is 15.7 Å². The van der Waals surface area contributed by atoms with Crippen molar-refractivity contribution in [2.45, 2.75) is 35.2 Å². The van der Waals surface area contributed by atoms with Crippen LogP contribution in [0.15, 0.2) is 200 Å². The highest BCUT2D eigenvalue weighted by Gasteiger charge is 2.38. The lowest BCUT2D eigenvalue weighted by atomic mass is 9.84. The molecular formula is C53H48N2O4S2. The number of carbonyl (C=O) groups is 3. The molecule has 0 saturated carbocycles. The second kappa shape index (κ2) is 20.8. The van der Waals surface area contributed by atoms with Gasteiger partial charge in [0.25, 0.3) is 0 Å². The summed E-state index contributed by atoms with van der Waals surface area (Å²) in [5.74, 6) is -0.256. The van der Waals surface area contributed by atoms with Crippen LogP contribution < -0.4 is 10.6 Å². The molecule has 7 rings (SSSR count). The predicted octanol–water partition coefficient (Wildman–Crippen LogP) is 12.3. The molecule has 0 aliphatic rings. The van der Waals surface area contributed by atoms with Gasteiger partial charge in [0.2, 0.25) is 11.8 Å². The van der Waals surface area contributed by atoms with Crippen LogP contribution in [0.5, 0.6) is 0 Å². The molecular weight excluding hydrogens is 793 g/mol. The van der Waals surface area contributed by atoms with E-state index in [9.17, 15) is 19.5 Å². The summed E-state index contributed by atoms with van der Waals surface area (Å²) in [6.07, 6.45) is 1.64. The summed E-state index contributed by atoms with van der Waals surface area (Å²) < 4.78 is -0.979. The third-order valence-electron chi connectivity index (χ3n) is 10.6. The molecule has 0 spiro atoms. The van der Waals surface area contributed by atoms with Gasteiger partial charge in [0.05, 0.1) is 15.1 Å². The van der Waals surface area contributed by atoms with Crippen molar-refractivity contribution in [2.75, 3.05) is 22.1 Å². The molecule has 0 saturated heterocycles. The summed E-state index contributed by atoms with van der Waals surface area (Å²) in [7, 11) is 0. The normalized spacial score (nSPS) is 11.4. The number of thioether (sulfide) groups is 2. The van der Waals surface area contributed by atoms with E-state index in [2.05, 4.69) is 156 Å². The summed E-state index contributed by atoms with van der Waals surface area (Å²) in [6.45, 7) is 0. The fourth-order valence-corrected chi connectivity index (χ4v) is 10.8. The zero-order valence-electron chi connectivity index (χ0n) is 33.8. The molecule has 0 aliphatic carbocycles. The van der Waals surface area contributed by atoms with Crippen LogP contribution in [0.1, 0.15) is 69.4 Å². The van der Waals surface area contributed by atoms with Gasteiger partial charge in [-0.3, -0.25) is 9.59 Å². The summed E-state index contributed by atoms with van der Waals surface area (Å²) in [5.41, 5.74) is 7.51. The summed E-state index contributed by atoms with van der Waals surface area (Å²) in [4.78, 5) is 38.9. The van der Waals surface area contributed by atoms with Crippen molar-refractivity contribution in [3.05, 3.63) is 239 Å². The van der Waals surface area contributed by atoms with Crippen molar-refractivity contribution < 1.29 is 19.5 Å². The van der Waals surface area contributed by atoms with E-state index in [-0.39, 0.29) is 30.2 Å². The van der Waals surface area contributed by atoms with Crippen molar-refractivity contribution in [1.82, 2.24) is 0 Å². The largest absolute Gasteiger partial charge is 0.478 e. The van der Waals surface area contributed by atoms with E-state index in [1.54, 1.807) is 29.6 Å². The molecule has 7 aromatic rings. The van der Waals surface area contributed by atoms with Gasteiger partial charge in [-0.1, -0.05) is 182 Å².